The summed E-state index contributed by atoms with van der Waals surface area (Å²) in [5, 5.41) is 4.13. The highest BCUT2D eigenvalue weighted by molar-refractivity contribution is 5.96. The SMILES string of the molecule is Cn1ccnc1C(=O)C1CCCN(C(=O)c2ccc(Cn3cccn3)o2)C1. The van der Waals surface area contributed by atoms with E-state index < -0.39 is 0 Å². The smallest absolute Gasteiger partial charge is 0.289 e. The Morgan fingerprint density at radius 3 is 2.89 bits per heavy atom. The lowest BCUT2D eigenvalue weighted by molar-refractivity contribution is 0.0605. The number of carbonyl (C=O) groups is 2. The summed E-state index contributed by atoms with van der Waals surface area (Å²) in [5.41, 5.74) is 0. The summed E-state index contributed by atoms with van der Waals surface area (Å²) >= 11 is 0. The molecule has 3 aromatic heterocycles. The fourth-order valence-electron chi connectivity index (χ4n) is 3.45. The van der Waals surface area contributed by atoms with Crippen LogP contribution in [-0.4, -0.2) is 49.0 Å². The Morgan fingerprint density at radius 2 is 2.15 bits per heavy atom. The Bertz CT molecular complexity index is 940. The van der Waals surface area contributed by atoms with Crippen LogP contribution in [0.1, 0.15) is 39.8 Å². The van der Waals surface area contributed by atoms with Gasteiger partial charge in [-0.3, -0.25) is 14.3 Å². The van der Waals surface area contributed by atoms with Gasteiger partial charge < -0.3 is 13.9 Å². The fraction of sp³-hybridized carbons (Fsp3) is 0.368. The highest BCUT2D eigenvalue weighted by atomic mass is 16.4. The second-order valence-electron chi connectivity index (χ2n) is 6.79. The lowest BCUT2D eigenvalue weighted by Gasteiger charge is -2.31. The summed E-state index contributed by atoms with van der Waals surface area (Å²) in [6.07, 6.45) is 8.45. The van der Waals surface area contributed by atoms with Crippen molar-refractivity contribution >= 4 is 11.7 Å². The fourth-order valence-corrected chi connectivity index (χ4v) is 3.45. The molecular formula is C19H21N5O3. The van der Waals surface area contributed by atoms with E-state index >= 15 is 0 Å². The second-order valence-corrected chi connectivity index (χ2v) is 6.79. The molecule has 0 aromatic carbocycles. The highest BCUT2D eigenvalue weighted by Crippen LogP contribution is 2.22. The molecule has 1 amide bonds. The molecule has 0 spiro atoms. The number of amides is 1. The van der Waals surface area contributed by atoms with Crippen LogP contribution in [0.15, 0.2) is 47.4 Å². The van der Waals surface area contributed by atoms with Gasteiger partial charge in [-0.25, -0.2) is 4.98 Å². The summed E-state index contributed by atoms with van der Waals surface area (Å²) in [6, 6.07) is 5.31. The van der Waals surface area contributed by atoms with Crippen LogP contribution >= 0.6 is 0 Å². The van der Waals surface area contributed by atoms with Crippen molar-refractivity contribution < 1.29 is 14.0 Å². The van der Waals surface area contributed by atoms with Gasteiger partial charge in [0.05, 0.1) is 6.54 Å². The van der Waals surface area contributed by atoms with E-state index in [4.69, 9.17) is 4.42 Å². The first-order valence-corrected chi connectivity index (χ1v) is 8.99. The zero-order valence-corrected chi connectivity index (χ0v) is 15.1. The molecule has 8 heteroatoms. The zero-order valence-electron chi connectivity index (χ0n) is 15.1. The van der Waals surface area contributed by atoms with Gasteiger partial charge in [-0.05, 0) is 31.0 Å². The van der Waals surface area contributed by atoms with Crippen molar-refractivity contribution in [1.29, 1.82) is 0 Å². The first kappa shape index (κ1) is 17.3. The van der Waals surface area contributed by atoms with Crippen LogP contribution in [0.2, 0.25) is 0 Å². The number of nitrogens with zero attached hydrogens (tertiary/aromatic N) is 5. The van der Waals surface area contributed by atoms with Gasteiger partial charge in [0.15, 0.2) is 11.6 Å². The molecule has 1 atom stereocenters. The molecule has 1 unspecified atom stereocenters. The molecule has 27 heavy (non-hydrogen) atoms. The minimum absolute atomic E-state index is 0.0150. The van der Waals surface area contributed by atoms with Crippen LogP contribution in [0.25, 0.3) is 0 Å². The summed E-state index contributed by atoms with van der Waals surface area (Å²) in [7, 11) is 1.80. The predicted octanol–water partition coefficient (Wildman–Crippen LogP) is 1.99. The largest absolute Gasteiger partial charge is 0.454 e. The zero-order chi connectivity index (χ0) is 18.8. The summed E-state index contributed by atoms with van der Waals surface area (Å²) in [4.78, 5) is 31.4. The van der Waals surface area contributed by atoms with E-state index in [1.807, 2.05) is 12.3 Å². The Labute approximate surface area is 156 Å². The maximum Gasteiger partial charge on any atom is 0.289 e. The summed E-state index contributed by atoms with van der Waals surface area (Å²) < 4.78 is 9.16. The molecule has 4 heterocycles. The van der Waals surface area contributed by atoms with Gasteiger partial charge in [0.1, 0.15) is 5.76 Å². The molecule has 3 aromatic rings. The van der Waals surface area contributed by atoms with Gasteiger partial charge in [-0.15, -0.1) is 0 Å². The molecule has 0 saturated carbocycles. The van der Waals surface area contributed by atoms with E-state index in [2.05, 4.69) is 10.1 Å². The number of hydrogen-bond donors (Lipinski definition) is 0. The standard InChI is InChI=1S/C19H21N5O3/c1-22-11-8-20-18(22)17(25)14-4-2-9-23(12-14)19(26)16-6-5-15(27-16)13-24-10-3-7-21-24/h3,5-8,10-11,14H,2,4,9,12-13H2,1H3. The predicted molar refractivity (Wildman–Crippen MR) is 96.2 cm³/mol. The van der Waals surface area contributed by atoms with E-state index in [0.29, 0.717) is 37.0 Å². The number of carbonyl (C=O) groups excluding carboxylic acids is 2. The van der Waals surface area contributed by atoms with Crippen LogP contribution < -0.4 is 0 Å². The molecular weight excluding hydrogens is 346 g/mol. The number of Topliss-reactive ketones (excluding diaryl/α,β-unsaturated/α-hetero) is 1. The molecule has 140 valence electrons. The third-order valence-corrected chi connectivity index (χ3v) is 4.87. The van der Waals surface area contributed by atoms with E-state index in [9.17, 15) is 9.59 Å². The maximum absolute atomic E-state index is 12.8. The van der Waals surface area contributed by atoms with Gasteiger partial charge in [0.2, 0.25) is 5.78 Å². The number of likely N-dealkylation sites (tertiary alicyclic amines) is 1. The van der Waals surface area contributed by atoms with Crippen molar-refractivity contribution in [3.05, 3.63) is 60.3 Å². The average Bonchev–Trinajstić information content (AvgIpc) is 3.44. The third kappa shape index (κ3) is 3.55. The van der Waals surface area contributed by atoms with Crippen molar-refractivity contribution in [2.75, 3.05) is 13.1 Å². The molecule has 1 aliphatic rings. The molecule has 1 saturated heterocycles. The number of furan rings is 1. The van der Waals surface area contributed by atoms with Crippen LogP contribution in [0, 0.1) is 5.92 Å². The molecule has 0 aliphatic carbocycles. The quantitative estimate of drug-likeness (QED) is 0.644. The number of imidazole rings is 1. The molecule has 1 aliphatic heterocycles. The first-order valence-electron chi connectivity index (χ1n) is 8.99. The molecule has 0 radical (unpaired) electrons. The number of hydrogen-bond acceptors (Lipinski definition) is 5. The molecule has 0 N–H and O–H groups in total. The minimum Gasteiger partial charge on any atom is -0.454 e. The van der Waals surface area contributed by atoms with Crippen molar-refractivity contribution in [3.63, 3.8) is 0 Å². The van der Waals surface area contributed by atoms with E-state index in [-0.39, 0.29) is 17.6 Å². The Hall–Kier alpha value is -3.16. The van der Waals surface area contributed by atoms with Gasteiger partial charge in [0.25, 0.3) is 5.91 Å². The van der Waals surface area contributed by atoms with Crippen molar-refractivity contribution in [2.45, 2.75) is 19.4 Å². The van der Waals surface area contributed by atoms with Crippen LogP contribution in [-0.2, 0) is 13.6 Å². The number of ketones is 1. The average molecular weight is 367 g/mol. The number of aryl methyl sites for hydroxylation is 1. The minimum atomic E-state index is -0.234. The van der Waals surface area contributed by atoms with Crippen molar-refractivity contribution in [1.82, 2.24) is 24.2 Å². The van der Waals surface area contributed by atoms with Crippen LogP contribution in [0.5, 0.6) is 0 Å². The van der Waals surface area contributed by atoms with E-state index in [1.165, 1.54) is 0 Å². The monoisotopic (exact) mass is 367 g/mol. The topological polar surface area (TPSA) is 86.2 Å². The number of rotatable bonds is 5. The molecule has 4 rings (SSSR count). The normalized spacial score (nSPS) is 17.2. The summed E-state index contributed by atoms with van der Waals surface area (Å²) in [6.45, 7) is 1.48. The Morgan fingerprint density at radius 1 is 1.26 bits per heavy atom. The van der Waals surface area contributed by atoms with Crippen LogP contribution in [0.3, 0.4) is 0 Å². The van der Waals surface area contributed by atoms with Gasteiger partial charge in [-0.1, -0.05) is 0 Å². The lowest BCUT2D eigenvalue weighted by Crippen LogP contribution is -2.42. The van der Waals surface area contributed by atoms with Gasteiger partial charge in [0, 0.05) is 50.8 Å². The van der Waals surface area contributed by atoms with Crippen LogP contribution in [0.4, 0.5) is 0 Å². The van der Waals surface area contributed by atoms with Gasteiger partial charge in [-0.2, -0.15) is 5.10 Å². The molecule has 1 fully saturated rings. The number of aromatic nitrogens is 4. The van der Waals surface area contributed by atoms with E-state index in [0.717, 1.165) is 12.8 Å². The van der Waals surface area contributed by atoms with Crippen molar-refractivity contribution in [2.24, 2.45) is 13.0 Å². The van der Waals surface area contributed by atoms with Gasteiger partial charge >= 0.3 is 0 Å². The Kier molecular flexibility index (Phi) is 4.62. The lowest BCUT2D eigenvalue weighted by atomic mass is 9.93. The molecule has 8 nitrogen and oxygen atoms in total. The highest BCUT2D eigenvalue weighted by Gasteiger charge is 2.32. The van der Waals surface area contributed by atoms with E-state index in [1.54, 1.807) is 51.9 Å². The summed E-state index contributed by atoms with van der Waals surface area (Å²) in [5.74, 6) is 0.968. The Balaban J connectivity index is 1.43. The third-order valence-electron chi connectivity index (χ3n) is 4.87. The molecule has 0 bridgehead atoms. The first-order chi connectivity index (χ1) is 13.1. The second kappa shape index (κ2) is 7.22. The van der Waals surface area contributed by atoms with Crippen molar-refractivity contribution in [3.8, 4) is 0 Å². The number of piperidine rings is 1. The maximum atomic E-state index is 12.8.